The third-order valence-electron chi connectivity index (χ3n) is 5.10. The smallest absolute Gasteiger partial charge is 0.227 e. The maximum Gasteiger partial charge on any atom is 0.227 e. The van der Waals surface area contributed by atoms with Crippen LogP contribution in [0.3, 0.4) is 0 Å². The van der Waals surface area contributed by atoms with Crippen molar-refractivity contribution in [1.29, 1.82) is 0 Å². The first kappa shape index (κ1) is 14.4. The zero-order valence-electron chi connectivity index (χ0n) is 13.0. The molecule has 3 rings (SSSR count). The minimum Gasteiger partial charge on any atom is -0.492 e. The number of para-hydroxylation sites is 1. The summed E-state index contributed by atoms with van der Waals surface area (Å²) in [6.07, 6.45) is 4.52. The Labute approximate surface area is 127 Å². The van der Waals surface area contributed by atoms with E-state index in [4.69, 9.17) is 4.74 Å². The highest BCUT2D eigenvalue weighted by atomic mass is 16.5. The van der Waals surface area contributed by atoms with E-state index in [1.807, 2.05) is 18.2 Å². The molecule has 1 fully saturated rings. The number of carbonyl (C=O) groups is 1. The quantitative estimate of drug-likeness (QED) is 0.907. The van der Waals surface area contributed by atoms with Crippen LogP contribution in [0.2, 0.25) is 0 Å². The molecule has 3 nitrogen and oxygen atoms in total. The molecule has 1 aromatic carbocycles. The highest BCUT2D eigenvalue weighted by Gasteiger charge is 2.32. The standard InChI is InChI=1S/C18H25NO2/c1-12-6-5-7-13(2)17(12)19-18(20)15-10-14-8-3-4-9-16(14)21-11-15/h3-4,8-9,12-13,15,17H,5-7,10-11H2,1-2H3,(H,19,20). The second-order valence-corrected chi connectivity index (χ2v) is 6.74. The van der Waals surface area contributed by atoms with Gasteiger partial charge in [-0.25, -0.2) is 0 Å². The summed E-state index contributed by atoms with van der Waals surface area (Å²) in [5, 5.41) is 3.30. The summed E-state index contributed by atoms with van der Waals surface area (Å²) in [5.74, 6) is 2.20. The second kappa shape index (κ2) is 6.08. The molecule has 0 spiro atoms. The lowest BCUT2D eigenvalue weighted by molar-refractivity contribution is -0.128. The van der Waals surface area contributed by atoms with Gasteiger partial charge in [0, 0.05) is 6.04 Å². The van der Waals surface area contributed by atoms with E-state index in [-0.39, 0.29) is 11.8 Å². The van der Waals surface area contributed by atoms with Gasteiger partial charge in [-0.05, 0) is 42.7 Å². The molecule has 114 valence electrons. The largest absolute Gasteiger partial charge is 0.492 e. The van der Waals surface area contributed by atoms with Crippen molar-refractivity contribution in [2.24, 2.45) is 17.8 Å². The van der Waals surface area contributed by atoms with Crippen LogP contribution < -0.4 is 10.1 Å². The molecule has 21 heavy (non-hydrogen) atoms. The van der Waals surface area contributed by atoms with Gasteiger partial charge in [0.1, 0.15) is 12.4 Å². The topological polar surface area (TPSA) is 38.3 Å². The molecule has 0 aromatic heterocycles. The maximum atomic E-state index is 12.6. The van der Waals surface area contributed by atoms with Crippen LogP contribution in [0.15, 0.2) is 24.3 Å². The van der Waals surface area contributed by atoms with Crippen molar-refractivity contribution < 1.29 is 9.53 Å². The third-order valence-corrected chi connectivity index (χ3v) is 5.10. The fraction of sp³-hybridized carbons (Fsp3) is 0.611. The molecule has 0 bridgehead atoms. The van der Waals surface area contributed by atoms with E-state index in [0.29, 0.717) is 24.5 Å². The average molecular weight is 287 g/mol. The van der Waals surface area contributed by atoms with Crippen LogP contribution in [0, 0.1) is 17.8 Å². The fourth-order valence-electron chi connectivity index (χ4n) is 3.74. The minimum absolute atomic E-state index is 0.0544. The van der Waals surface area contributed by atoms with Crippen molar-refractivity contribution in [1.82, 2.24) is 5.32 Å². The Morgan fingerprint density at radius 1 is 1.19 bits per heavy atom. The molecule has 1 aliphatic carbocycles. The summed E-state index contributed by atoms with van der Waals surface area (Å²) >= 11 is 0. The van der Waals surface area contributed by atoms with Gasteiger partial charge in [-0.1, -0.05) is 38.5 Å². The van der Waals surface area contributed by atoms with Gasteiger partial charge in [0.15, 0.2) is 0 Å². The van der Waals surface area contributed by atoms with Crippen molar-refractivity contribution in [3.63, 3.8) is 0 Å². The summed E-state index contributed by atoms with van der Waals surface area (Å²) in [4.78, 5) is 12.6. The number of carbonyl (C=O) groups excluding carboxylic acids is 1. The predicted molar refractivity (Wildman–Crippen MR) is 83.2 cm³/mol. The SMILES string of the molecule is CC1CCCC(C)C1NC(=O)C1COc2ccccc2C1. The average Bonchev–Trinajstić information content (AvgIpc) is 2.50. The van der Waals surface area contributed by atoms with Crippen LogP contribution in [0.4, 0.5) is 0 Å². The van der Waals surface area contributed by atoms with E-state index in [0.717, 1.165) is 17.7 Å². The maximum absolute atomic E-state index is 12.6. The molecule has 1 aromatic rings. The van der Waals surface area contributed by atoms with Crippen LogP contribution in [0.25, 0.3) is 0 Å². The van der Waals surface area contributed by atoms with Crippen molar-refractivity contribution in [3.8, 4) is 5.75 Å². The molecule has 1 amide bonds. The number of hydrogen-bond donors (Lipinski definition) is 1. The Balaban J connectivity index is 1.64. The van der Waals surface area contributed by atoms with E-state index < -0.39 is 0 Å². The Kier molecular flexibility index (Phi) is 4.18. The lowest BCUT2D eigenvalue weighted by Crippen LogP contribution is -2.49. The Hall–Kier alpha value is -1.51. The van der Waals surface area contributed by atoms with E-state index in [2.05, 4.69) is 25.2 Å². The summed E-state index contributed by atoms with van der Waals surface area (Å²) < 4.78 is 5.74. The normalized spacial score (nSPS) is 31.9. The molecule has 0 radical (unpaired) electrons. The number of hydrogen-bond acceptors (Lipinski definition) is 2. The molecule has 3 unspecified atom stereocenters. The minimum atomic E-state index is -0.0544. The molecular formula is C18H25NO2. The number of rotatable bonds is 2. The first-order valence-electron chi connectivity index (χ1n) is 8.16. The van der Waals surface area contributed by atoms with Gasteiger partial charge in [0.25, 0.3) is 0 Å². The van der Waals surface area contributed by atoms with Crippen LogP contribution in [0.5, 0.6) is 5.75 Å². The number of benzene rings is 1. The fourth-order valence-corrected chi connectivity index (χ4v) is 3.74. The Bertz CT molecular complexity index is 504. The van der Waals surface area contributed by atoms with Gasteiger partial charge in [-0.15, -0.1) is 0 Å². The monoisotopic (exact) mass is 287 g/mol. The molecule has 2 aliphatic rings. The zero-order valence-corrected chi connectivity index (χ0v) is 13.0. The van der Waals surface area contributed by atoms with Crippen LogP contribution in [-0.2, 0) is 11.2 Å². The van der Waals surface area contributed by atoms with Crippen molar-refractivity contribution in [3.05, 3.63) is 29.8 Å². The van der Waals surface area contributed by atoms with Crippen LogP contribution in [0.1, 0.15) is 38.7 Å². The number of ether oxygens (including phenoxy) is 1. The van der Waals surface area contributed by atoms with Crippen molar-refractivity contribution in [2.45, 2.75) is 45.6 Å². The van der Waals surface area contributed by atoms with E-state index >= 15 is 0 Å². The van der Waals surface area contributed by atoms with Crippen molar-refractivity contribution in [2.75, 3.05) is 6.61 Å². The molecule has 1 saturated carbocycles. The Morgan fingerprint density at radius 2 is 1.90 bits per heavy atom. The number of amides is 1. The van der Waals surface area contributed by atoms with E-state index in [1.165, 1.54) is 19.3 Å². The van der Waals surface area contributed by atoms with Gasteiger partial charge < -0.3 is 10.1 Å². The predicted octanol–water partition coefficient (Wildman–Crippen LogP) is 3.18. The molecule has 3 atom stereocenters. The van der Waals surface area contributed by atoms with Gasteiger partial charge >= 0.3 is 0 Å². The van der Waals surface area contributed by atoms with E-state index in [9.17, 15) is 4.79 Å². The lowest BCUT2D eigenvalue weighted by atomic mass is 9.78. The molecule has 1 heterocycles. The summed E-state index contributed by atoms with van der Waals surface area (Å²) in [7, 11) is 0. The first-order valence-corrected chi connectivity index (χ1v) is 8.16. The first-order chi connectivity index (χ1) is 10.1. The number of fused-ring (bicyclic) bond motifs is 1. The summed E-state index contributed by atoms with van der Waals surface area (Å²) in [5.41, 5.74) is 1.15. The molecule has 1 N–H and O–H groups in total. The summed E-state index contributed by atoms with van der Waals surface area (Å²) in [6, 6.07) is 8.34. The van der Waals surface area contributed by atoms with E-state index in [1.54, 1.807) is 0 Å². The van der Waals surface area contributed by atoms with Crippen LogP contribution in [-0.4, -0.2) is 18.6 Å². The highest BCUT2D eigenvalue weighted by Crippen LogP contribution is 2.30. The van der Waals surface area contributed by atoms with Gasteiger partial charge in [0.2, 0.25) is 5.91 Å². The molecule has 3 heteroatoms. The zero-order chi connectivity index (χ0) is 14.8. The van der Waals surface area contributed by atoms with Gasteiger partial charge in [-0.3, -0.25) is 4.79 Å². The molecule has 0 saturated heterocycles. The second-order valence-electron chi connectivity index (χ2n) is 6.74. The third kappa shape index (κ3) is 3.07. The lowest BCUT2D eigenvalue weighted by Gasteiger charge is -2.36. The molecule has 1 aliphatic heterocycles. The molecular weight excluding hydrogens is 262 g/mol. The Morgan fingerprint density at radius 3 is 2.67 bits per heavy atom. The van der Waals surface area contributed by atoms with Gasteiger partial charge in [-0.2, -0.15) is 0 Å². The summed E-state index contributed by atoms with van der Waals surface area (Å²) in [6.45, 7) is 5.01. The number of nitrogens with one attached hydrogen (secondary N) is 1. The highest BCUT2D eigenvalue weighted by molar-refractivity contribution is 5.80. The van der Waals surface area contributed by atoms with Crippen LogP contribution >= 0.6 is 0 Å². The van der Waals surface area contributed by atoms with Gasteiger partial charge in [0.05, 0.1) is 5.92 Å². The van der Waals surface area contributed by atoms with Crippen molar-refractivity contribution >= 4 is 5.91 Å².